The second kappa shape index (κ2) is 8.87. The van der Waals surface area contributed by atoms with Crippen LogP contribution in [0.15, 0.2) is 53.7 Å². The van der Waals surface area contributed by atoms with Gasteiger partial charge in [0.25, 0.3) is 0 Å². The molecule has 0 radical (unpaired) electrons. The summed E-state index contributed by atoms with van der Waals surface area (Å²) in [5.74, 6) is -0.325. The van der Waals surface area contributed by atoms with Gasteiger partial charge in [0.1, 0.15) is 5.82 Å². The molecule has 1 N–H and O–H groups in total. The first-order valence-electron chi connectivity index (χ1n) is 9.51. The smallest absolute Gasteiger partial charge is 0.318 e. The number of benzene rings is 2. The summed E-state index contributed by atoms with van der Waals surface area (Å²) in [5.41, 5.74) is 3.53. The monoisotopic (exact) mass is 383 g/mol. The number of hydrogen-bond acceptors (Lipinski definition) is 3. The molecule has 2 amide bonds. The minimum absolute atomic E-state index is 0.0149. The Labute approximate surface area is 165 Å². The zero-order valence-electron chi connectivity index (χ0n) is 16.5. The maximum atomic E-state index is 14.1. The second-order valence-electron chi connectivity index (χ2n) is 7.36. The third-order valence-electron chi connectivity index (χ3n) is 4.63. The van der Waals surface area contributed by atoms with Crippen LogP contribution in [0.2, 0.25) is 0 Å². The number of halogens is 1. The van der Waals surface area contributed by atoms with Crippen molar-refractivity contribution < 1.29 is 14.0 Å². The lowest BCUT2D eigenvalue weighted by Crippen LogP contribution is -2.45. The first kappa shape index (κ1) is 19.9. The SMILES string of the molecule is Cc1ccccc1C1=NO[C@@H](CN(Cc2ccccc2F)C(=O)NC(C)C)C1. The van der Waals surface area contributed by atoms with Crippen molar-refractivity contribution in [3.8, 4) is 0 Å². The fraction of sp³-hybridized carbons (Fsp3) is 0.364. The molecule has 6 heteroatoms. The molecule has 148 valence electrons. The zero-order chi connectivity index (χ0) is 20.1. The van der Waals surface area contributed by atoms with E-state index in [9.17, 15) is 9.18 Å². The van der Waals surface area contributed by atoms with Crippen LogP contribution < -0.4 is 5.32 Å². The Balaban J connectivity index is 1.71. The largest absolute Gasteiger partial charge is 0.390 e. The molecule has 28 heavy (non-hydrogen) atoms. The lowest BCUT2D eigenvalue weighted by molar-refractivity contribution is 0.0584. The van der Waals surface area contributed by atoms with Crippen molar-refractivity contribution in [2.45, 2.75) is 45.9 Å². The van der Waals surface area contributed by atoms with Gasteiger partial charge in [-0.05, 0) is 32.4 Å². The average Bonchev–Trinajstić information content (AvgIpc) is 3.11. The van der Waals surface area contributed by atoms with E-state index >= 15 is 0 Å². The average molecular weight is 383 g/mol. The molecule has 1 atom stereocenters. The molecule has 3 rings (SSSR count). The van der Waals surface area contributed by atoms with Gasteiger partial charge in [0.2, 0.25) is 0 Å². The summed E-state index contributed by atoms with van der Waals surface area (Å²) in [6, 6.07) is 14.2. The molecule has 0 aromatic heterocycles. The highest BCUT2D eigenvalue weighted by atomic mass is 19.1. The maximum Gasteiger partial charge on any atom is 0.318 e. The van der Waals surface area contributed by atoms with Crippen molar-refractivity contribution in [1.82, 2.24) is 10.2 Å². The molecule has 0 fully saturated rings. The Kier molecular flexibility index (Phi) is 6.29. The van der Waals surface area contributed by atoms with E-state index in [2.05, 4.69) is 10.5 Å². The van der Waals surface area contributed by atoms with Crippen LogP contribution in [0, 0.1) is 12.7 Å². The number of nitrogens with zero attached hydrogens (tertiary/aromatic N) is 2. The molecule has 1 aliphatic rings. The summed E-state index contributed by atoms with van der Waals surface area (Å²) < 4.78 is 14.1. The first-order chi connectivity index (χ1) is 13.4. The Morgan fingerprint density at radius 2 is 1.96 bits per heavy atom. The van der Waals surface area contributed by atoms with Crippen LogP contribution in [0.5, 0.6) is 0 Å². The molecule has 0 unspecified atom stereocenters. The van der Waals surface area contributed by atoms with E-state index in [-0.39, 0.29) is 30.5 Å². The van der Waals surface area contributed by atoms with E-state index in [1.807, 2.05) is 45.0 Å². The number of hydrogen-bond donors (Lipinski definition) is 1. The van der Waals surface area contributed by atoms with Gasteiger partial charge in [0.05, 0.1) is 18.8 Å². The topological polar surface area (TPSA) is 53.9 Å². The van der Waals surface area contributed by atoms with Crippen LogP contribution in [0.4, 0.5) is 9.18 Å². The van der Waals surface area contributed by atoms with Crippen molar-refractivity contribution in [2.75, 3.05) is 6.54 Å². The summed E-state index contributed by atoms with van der Waals surface area (Å²) in [5, 5.41) is 7.11. The number of carbonyl (C=O) groups excluding carboxylic acids is 1. The highest BCUT2D eigenvalue weighted by Gasteiger charge is 2.28. The van der Waals surface area contributed by atoms with Gasteiger partial charge in [-0.2, -0.15) is 0 Å². The number of carbonyl (C=O) groups is 1. The number of nitrogens with one attached hydrogen (secondary N) is 1. The molecule has 0 saturated carbocycles. The van der Waals surface area contributed by atoms with Crippen LogP contribution in [0.3, 0.4) is 0 Å². The molecular weight excluding hydrogens is 357 g/mol. The molecule has 1 heterocycles. The van der Waals surface area contributed by atoms with Crippen LogP contribution in [0.25, 0.3) is 0 Å². The lowest BCUT2D eigenvalue weighted by atomic mass is 10.0. The van der Waals surface area contributed by atoms with Crippen LogP contribution >= 0.6 is 0 Å². The summed E-state index contributed by atoms with van der Waals surface area (Å²) >= 11 is 0. The number of rotatable bonds is 6. The van der Waals surface area contributed by atoms with E-state index in [0.29, 0.717) is 18.5 Å². The van der Waals surface area contributed by atoms with Gasteiger partial charge in [0.15, 0.2) is 6.10 Å². The number of amides is 2. The number of urea groups is 1. The highest BCUT2D eigenvalue weighted by molar-refractivity contribution is 6.02. The summed E-state index contributed by atoms with van der Waals surface area (Å²) in [6.07, 6.45) is 0.340. The zero-order valence-corrected chi connectivity index (χ0v) is 16.5. The molecule has 2 aromatic rings. The van der Waals surface area contributed by atoms with E-state index < -0.39 is 0 Å². The predicted molar refractivity (Wildman–Crippen MR) is 108 cm³/mol. The van der Waals surface area contributed by atoms with Gasteiger partial charge in [-0.25, -0.2) is 9.18 Å². The van der Waals surface area contributed by atoms with E-state index in [1.165, 1.54) is 6.07 Å². The van der Waals surface area contributed by atoms with E-state index in [4.69, 9.17) is 4.84 Å². The Morgan fingerprint density at radius 1 is 1.25 bits per heavy atom. The van der Waals surface area contributed by atoms with Crippen LogP contribution in [-0.2, 0) is 11.4 Å². The number of aryl methyl sites for hydroxylation is 1. The summed E-state index contributed by atoms with van der Waals surface area (Å²) in [6.45, 7) is 6.32. The van der Waals surface area contributed by atoms with Gasteiger partial charge in [-0.3, -0.25) is 0 Å². The molecule has 0 bridgehead atoms. The van der Waals surface area contributed by atoms with Crippen molar-refractivity contribution in [3.05, 3.63) is 71.0 Å². The Hall–Kier alpha value is -2.89. The second-order valence-corrected chi connectivity index (χ2v) is 7.36. The Bertz CT molecular complexity index is 866. The molecular formula is C22H26FN3O2. The first-order valence-corrected chi connectivity index (χ1v) is 9.51. The van der Waals surface area contributed by atoms with Crippen molar-refractivity contribution in [3.63, 3.8) is 0 Å². The van der Waals surface area contributed by atoms with Gasteiger partial charge >= 0.3 is 6.03 Å². The Morgan fingerprint density at radius 3 is 2.68 bits per heavy atom. The minimum Gasteiger partial charge on any atom is -0.390 e. The fourth-order valence-corrected chi connectivity index (χ4v) is 3.22. The van der Waals surface area contributed by atoms with Crippen molar-refractivity contribution >= 4 is 11.7 Å². The molecule has 2 aromatic carbocycles. The van der Waals surface area contributed by atoms with Crippen LogP contribution in [0.1, 0.15) is 37.0 Å². The third kappa shape index (κ3) is 4.88. The van der Waals surface area contributed by atoms with Gasteiger partial charge in [0, 0.05) is 23.6 Å². The summed E-state index contributed by atoms with van der Waals surface area (Å²) in [4.78, 5) is 19.8. The quantitative estimate of drug-likeness (QED) is 0.811. The van der Waals surface area contributed by atoms with Crippen molar-refractivity contribution in [1.29, 1.82) is 0 Å². The normalized spacial score (nSPS) is 15.9. The highest BCUT2D eigenvalue weighted by Crippen LogP contribution is 2.21. The molecule has 5 nitrogen and oxygen atoms in total. The molecule has 1 aliphatic heterocycles. The van der Waals surface area contributed by atoms with Gasteiger partial charge in [-0.1, -0.05) is 47.6 Å². The van der Waals surface area contributed by atoms with E-state index in [0.717, 1.165) is 16.8 Å². The minimum atomic E-state index is -0.325. The fourth-order valence-electron chi connectivity index (χ4n) is 3.22. The molecule has 0 spiro atoms. The van der Waals surface area contributed by atoms with Gasteiger partial charge < -0.3 is 15.1 Å². The number of oxime groups is 1. The van der Waals surface area contributed by atoms with Gasteiger partial charge in [-0.15, -0.1) is 0 Å². The lowest BCUT2D eigenvalue weighted by Gasteiger charge is -2.26. The van der Waals surface area contributed by atoms with Crippen LogP contribution in [-0.4, -0.2) is 35.3 Å². The third-order valence-corrected chi connectivity index (χ3v) is 4.63. The molecule has 0 saturated heterocycles. The predicted octanol–water partition coefficient (Wildman–Crippen LogP) is 4.25. The molecule has 0 aliphatic carbocycles. The summed E-state index contributed by atoms with van der Waals surface area (Å²) in [7, 11) is 0. The van der Waals surface area contributed by atoms with E-state index in [1.54, 1.807) is 23.1 Å². The standard InChI is InChI=1S/C22H26FN3O2/c1-15(2)24-22(27)26(13-17-9-5-7-11-20(17)23)14-18-12-21(25-28-18)19-10-6-4-8-16(19)3/h4-11,15,18H,12-14H2,1-3H3,(H,24,27)/t18-/m1/s1. The van der Waals surface area contributed by atoms with Crippen molar-refractivity contribution in [2.24, 2.45) is 5.16 Å². The maximum absolute atomic E-state index is 14.1.